The number of nitriles is 1. The summed E-state index contributed by atoms with van der Waals surface area (Å²) in [5.74, 6) is 0.845. The van der Waals surface area contributed by atoms with Gasteiger partial charge in [-0.25, -0.2) is 0 Å². The van der Waals surface area contributed by atoms with Crippen molar-refractivity contribution in [1.29, 1.82) is 5.26 Å². The standard InChI is InChI=1S/C13H18N2OS/c1-10(8-13(2,15)9-14)17-12-6-4-5-11(7-12)16-3/h4-7,10H,8,15H2,1-3H3. The van der Waals surface area contributed by atoms with Gasteiger partial charge in [0.1, 0.15) is 11.3 Å². The van der Waals surface area contributed by atoms with E-state index in [9.17, 15) is 0 Å². The monoisotopic (exact) mass is 250 g/mol. The number of hydrogen-bond acceptors (Lipinski definition) is 4. The Morgan fingerprint density at radius 3 is 2.88 bits per heavy atom. The fraction of sp³-hybridized carbons (Fsp3) is 0.462. The molecule has 1 rings (SSSR count). The van der Waals surface area contributed by atoms with Gasteiger partial charge in [0.2, 0.25) is 0 Å². The molecular formula is C13H18N2OS. The van der Waals surface area contributed by atoms with Gasteiger partial charge < -0.3 is 10.5 Å². The molecule has 3 nitrogen and oxygen atoms in total. The zero-order valence-electron chi connectivity index (χ0n) is 10.4. The molecule has 0 aliphatic heterocycles. The van der Waals surface area contributed by atoms with Crippen LogP contribution < -0.4 is 10.5 Å². The Bertz CT molecular complexity index is 412. The van der Waals surface area contributed by atoms with Crippen LogP contribution in [0.2, 0.25) is 0 Å². The van der Waals surface area contributed by atoms with Crippen molar-refractivity contribution in [3.05, 3.63) is 24.3 Å². The molecule has 17 heavy (non-hydrogen) atoms. The molecule has 0 aliphatic rings. The molecule has 1 aromatic carbocycles. The van der Waals surface area contributed by atoms with Crippen LogP contribution in [0, 0.1) is 11.3 Å². The van der Waals surface area contributed by atoms with E-state index < -0.39 is 5.54 Å². The summed E-state index contributed by atoms with van der Waals surface area (Å²) in [4.78, 5) is 1.13. The highest BCUT2D eigenvalue weighted by molar-refractivity contribution is 7.99. The lowest BCUT2D eigenvalue weighted by molar-refractivity contribution is 0.413. The molecule has 0 bridgehead atoms. The Balaban J connectivity index is 2.62. The summed E-state index contributed by atoms with van der Waals surface area (Å²) in [7, 11) is 1.65. The zero-order valence-corrected chi connectivity index (χ0v) is 11.3. The van der Waals surface area contributed by atoms with E-state index >= 15 is 0 Å². The predicted molar refractivity (Wildman–Crippen MR) is 71.1 cm³/mol. The first-order valence-electron chi connectivity index (χ1n) is 5.47. The smallest absolute Gasteiger partial charge is 0.119 e. The van der Waals surface area contributed by atoms with Gasteiger partial charge in [0, 0.05) is 10.1 Å². The number of nitrogens with two attached hydrogens (primary N) is 1. The Morgan fingerprint density at radius 1 is 1.59 bits per heavy atom. The van der Waals surface area contributed by atoms with Crippen LogP contribution in [-0.4, -0.2) is 17.9 Å². The van der Waals surface area contributed by atoms with Gasteiger partial charge in [0.15, 0.2) is 0 Å². The molecule has 2 unspecified atom stereocenters. The third-order valence-electron chi connectivity index (χ3n) is 2.35. The highest BCUT2D eigenvalue weighted by Gasteiger charge is 2.21. The third-order valence-corrected chi connectivity index (χ3v) is 3.44. The molecule has 2 atom stereocenters. The van der Waals surface area contributed by atoms with Crippen LogP contribution >= 0.6 is 11.8 Å². The van der Waals surface area contributed by atoms with Crippen molar-refractivity contribution in [2.45, 2.75) is 36.0 Å². The summed E-state index contributed by atoms with van der Waals surface area (Å²) in [6.07, 6.45) is 0.658. The van der Waals surface area contributed by atoms with E-state index in [1.54, 1.807) is 25.8 Å². The molecule has 0 amide bonds. The van der Waals surface area contributed by atoms with Crippen molar-refractivity contribution in [2.75, 3.05) is 7.11 Å². The number of ether oxygens (including phenoxy) is 1. The highest BCUT2D eigenvalue weighted by atomic mass is 32.2. The minimum atomic E-state index is -0.759. The normalized spacial score (nSPS) is 15.7. The molecule has 0 spiro atoms. The van der Waals surface area contributed by atoms with E-state index in [0.29, 0.717) is 6.42 Å². The molecule has 0 radical (unpaired) electrons. The molecule has 0 heterocycles. The van der Waals surface area contributed by atoms with Gasteiger partial charge in [-0.15, -0.1) is 11.8 Å². The number of benzene rings is 1. The lowest BCUT2D eigenvalue weighted by atomic mass is 10.00. The van der Waals surface area contributed by atoms with E-state index in [-0.39, 0.29) is 5.25 Å². The minimum Gasteiger partial charge on any atom is -0.497 e. The lowest BCUT2D eigenvalue weighted by Crippen LogP contribution is -2.36. The topological polar surface area (TPSA) is 59.0 Å². The predicted octanol–water partition coefficient (Wildman–Crippen LogP) is 2.81. The van der Waals surface area contributed by atoms with Gasteiger partial charge in [0.25, 0.3) is 0 Å². The molecule has 0 aromatic heterocycles. The second-order valence-corrected chi connectivity index (χ2v) is 5.85. The van der Waals surface area contributed by atoms with Gasteiger partial charge in [-0.05, 0) is 31.5 Å². The highest BCUT2D eigenvalue weighted by Crippen LogP contribution is 2.29. The first-order chi connectivity index (χ1) is 7.96. The molecular weight excluding hydrogens is 232 g/mol. The molecule has 2 N–H and O–H groups in total. The van der Waals surface area contributed by atoms with Crippen LogP contribution in [0.3, 0.4) is 0 Å². The maximum atomic E-state index is 8.89. The second-order valence-electron chi connectivity index (χ2n) is 4.34. The quantitative estimate of drug-likeness (QED) is 0.816. The third kappa shape index (κ3) is 4.68. The van der Waals surface area contributed by atoms with Crippen molar-refractivity contribution < 1.29 is 4.74 Å². The van der Waals surface area contributed by atoms with Crippen LogP contribution in [0.4, 0.5) is 0 Å². The first-order valence-corrected chi connectivity index (χ1v) is 6.35. The summed E-state index contributed by atoms with van der Waals surface area (Å²) in [6, 6.07) is 10.0. The van der Waals surface area contributed by atoms with Gasteiger partial charge in [0.05, 0.1) is 13.2 Å². The summed E-state index contributed by atoms with van der Waals surface area (Å²) < 4.78 is 5.17. The van der Waals surface area contributed by atoms with Crippen molar-refractivity contribution in [3.63, 3.8) is 0 Å². The zero-order chi connectivity index (χ0) is 12.9. The minimum absolute atomic E-state index is 0.289. The fourth-order valence-electron chi connectivity index (χ4n) is 1.59. The largest absolute Gasteiger partial charge is 0.497 e. The van der Waals surface area contributed by atoms with Crippen molar-refractivity contribution in [1.82, 2.24) is 0 Å². The van der Waals surface area contributed by atoms with Gasteiger partial charge in [-0.1, -0.05) is 13.0 Å². The summed E-state index contributed by atoms with van der Waals surface area (Å²) in [5.41, 5.74) is 5.07. The van der Waals surface area contributed by atoms with E-state index in [1.807, 2.05) is 24.3 Å². The van der Waals surface area contributed by atoms with E-state index in [0.717, 1.165) is 10.6 Å². The first kappa shape index (κ1) is 13.9. The van der Waals surface area contributed by atoms with Crippen LogP contribution in [0.15, 0.2) is 29.2 Å². The maximum Gasteiger partial charge on any atom is 0.119 e. The SMILES string of the molecule is COc1cccc(SC(C)CC(C)(N)C#N)c1. The van der Waals surface area contributed by atoms with Crippen molar-refractivity contribution in [2.24, 2.45) is 5.73 Å². The number of nitrogens with zero attached hydrogens (tertiary/aromatic N) is 1. The molecule has 0 saturated carbocycles. The van der Waals surface area contributed by atoms with Crippen LogP contribution in [0.25, 0.3) is 0 Å². The molecule has 0 aliphatic carbocycles. The van der Waals surface area contributed by atoms with Gasteiger partial charge >= 0.3 is 0 Å². The average molecular weight is 250 g/mol. The Labute approximate surface area is 107 Å². The van der Waals surface area contributed by atoms with E-state index in [2.05, 4.69) is 13.0 Å². The van der Waals surface area contributed by atoms with Crippen LogP contribution in [0.5, 0.6) is 5.75 Å². The molecule has 92 valence electrons. The maximum absolute atomic E-state index is 8.89. The van der Waals surface area contributed by atoms with E-state index in [1.165, 1.54) is 0 Å². The molecule has 1 aromatic rings. The van der Waals surface area contributed by atoms with Crippen molar-refractivity contribution >= 4 is 11.8 Å². The molecule has 0 saturated heterocycles. The van der Waals surface area contributed by atoms with Crippen LogP contribution in [-0.2, 0) is 0 Å². The number of rotatable bonds is 5. The van der Waals surface area contributed by atoms with Crippen LogP contribution in [0.1, 0.15) is 20.3 Å². The number of hydrogen-bond donors (Lipinski definition) is 1. The fourth-order valence-corrected chi connectivity index (χ4v) is 2.83. The summed E-state index contributed by atoms with van der Waals surface area (Å²) >= 11 is 1.70. The molecule has 4 heteroatoms. The summed E-state index contributed by atoms with van der Waals surface area (Å²) in [5, 5.41) is 9.18. The lowest BCUT2D eigenvalue weighted by Gasteiger charge is -2.20. The average Bonchev–Trinajstić information content (AvgIpc) is 2.28. The Morgan fingerprint density at radius 2 is 2.29 bits per heavy atom. The van der Waals surface area contributed by atoms with Gasteiger partial charge in [-0.2, -0.15) is 5.26 Å². The number of methoxy groups -OCH3 is 1. The van der Waals surface area contributed by atoms with Gasteiger partial charge in [-0.3, -0.25) is 0 Å². The second kappa shape index (κ2) is 5.95. The summed E-state index contributed by atoms with van der Waals surface area (Å²) in [6.45, 7) is 3.84. The molecule has 0 fully saturated rings. The Hall–Kier alpha value is -1.18. The number of thioether (sulfide) groups is 1. The van der Waals surface area contributed by atoms with Crippen molar-refractivity contribution in [3.8, 4) is 11.8 Å². The Kier molecular flexibility index (Phi) is 4.86. The van der Waals surface area contributed by atoms with E-state index in [4.69, 9.17) is 15.7 Å².